The fourth-order valence-electron chi connectivity index (χ4n) is 3.87. The number of hydrogen-bond donors (Lipinski definition) is 1. The number of quaternary nitrogens is 1. The molecule has 0 radical (unpaired) electrons. The first kappa shape index (κ1) is 15.4. The highest BCUT2D eigenvalue weighted by atomic mass is 19.2. The summed E-state index contributed by atoms with van der Waals surface area (Å²) >= 11 is 0. The number of halogens is 2. The van der Waals surface area contributed by atoms with E-state index in [1.54, 1.807) is 4.90 Å². The Hall–Kier alpha value is -1.49. The zero-order valence-corrected chi connectivity index (χ0v) is 12.6. The van der Waals surface area contributed by atoms with Crippen LogP contribution in [-0.4, -0.2) is 31.7 Å². The van der Waals surface area contributed by atoms with Gasteiger partial charge in [0, 0.05) is 5.92 Å². The Kier molecular flexibility index (Phi) is 4.71. The van der Waals surface area contributed by atoms with Crippen molar-refractivity contribution in [2.75, 3.05) is 19.7 Å². The number of esters is 1. The Balaban J connectivity index is 1.59. The van der Waals surface area contributed by atoms with Crippen molar-refractivity contribution in [3.8, 4) is 0 Å². The maximum Gasteiger partial charge on any atom is 0.338 e. The van der Waals surface area contributed by atoms with Crippen LogP contribution in [0.5, 0.6) is 0 Å². The average Bonchev–Trinajstić information content (AvgIpc) is 2.55. The largest absolute Gasteiger partial charge is 0.462 e. The Morgan fingerprint density at radius 3 is 2.77 bits per heavy atom. The van der Waals surface area contributed by atoms with Gasteiger partial charge in [-0.3, -0.25) is 0 Å². The van der Waals surface area contributed by atoms with Gasteiger partial charge in [-0.05, 0) is 50.3 Å². The minimum Gasteiger partial charge on any atom is -0.462 e. The molecule has 0 aromatic heterocycles. The monoisotopic (exact) mass is 310 g/mol. The third-order valence-electron chi connectivity index (χ3n) is 5.01. The number of ether oxygens (including phenoxy) is 1. The first-order valence-corrected chi connectivity index (χ1v) is 8.12. The number of hydrogen-bond acceptors (Lipinski definition) is 2. The molecule has 2 saturated heterocycles. The van der Waals surface area contributed by atoms with E-state index in [0.717, 1.165) is 18.6 Å². The van der Waals surface area contributed by atoms with E-state index >= 15 is 0 Å². The SMILES string of the molecule is O=C(OC[C@H]1CCC[NH+]2CCCC[C@@H]12)c1ccc(F)c(F)c1. The summed E-state index contributed by atoms with van der Waals surface area (Å²) in [6, 6.07) is 3.70. The fourth-order valence-corrected chi connectivity index (χ4v) is 3.87. The van der Waals surface area contributed by atoms with Gasteiger partial charge in [-0.2, -0.15) is 0 Å². The molecule has 3 rings (SSSR count). The van der Waals surface area contributed by atoms with Crippen LogP contribution in [0.2, 0.25) is 0 Å². The highest BCUT2D eigenvalue weighted by molar-refractivity contribution is 5.89. The van der Waals surface area contributed by atoms with Crippen molar-refractivity contribution in [3.63, 3.8) is 0 Å². The fraction of sp³-hybridized carbons (Fsp3) is 0.588. The topological polar surface area (TPSA) is 30.7 Å². The van der Waals surface area contributed by atoms with E-state index in [-0.39, 0.29) is 5.56 Å². The van der Waals surface area contributed by atoms with E-state index in [4.69, 9.17) is 4.74 Å². The van der Waals surface area contributed by atoms with Crippen molar-refractivity contribution < 1.29 is 23.2 Å². The summed E-state index contributed by atoms with van der Waals surface area (Å²) < 4.78 is 31.4. The molecule has 3 nitrogen and oxygen atoms in total. The van der Waals surface area contributed by atoms with E-state index in [1.807, 2.05) is 0 Å². The van der Waals surface area contributed by atoms with Gasteiger partial charge < -0.3 is 9.64 Å². The second-order valence-electron chi connectivity index (χ2n) is 6.39. The number of nitrogens with one attached hydrogen (secondary N) is 1. The van der Waals surface area contributed by atoms with Crippen molar-refractivity contribution in [2.45, 2.75) is 38.1 Å². The Labute approximate surface area is 129 Å². The van der Waals surface area contributed by atoms with Crippen LogP contribution in [-0.2, 0) is 4.74 Å². The Bertz CT molecular complexity index is 547. The van der Waals surface area contributed by atoms with Crippen LogP contribution in [0.1, 0.15) is 42.5 Å². The lowest BCUT2D eigenvalue weighted by molar-refractivity contribution is -0.940. The number of carbonyl (C=O) groups excluding carboxylic acids is 1. The number of fused-ring (bicyclic) bond motifs is 1. The summed E-state index contributed by atoms with van der Waals surface area (Å²) in [6.45, 7) is 2.82. The molecule has 1 N–H and O–H groups in total. The van der Waals surface area contributed by atoms with Gasteiger partial charge in [-0.25, -0.2) is 13.6 Å². The molecule has 0 saturated carbocycles. The van der Waals surface area contributed by atoms with Crippen molar-refractivity contribution in [3.05, 3.63) is 35.4 Å². The minimum absolute atomic E-state index is 0.0718. The summed E-state index contributed by atoms with van der Waals surface area (Å²) in [5.74, 6) is -2.15. The third kappa shape index (κ3) is 3.29. The maximum absolute atomic E-state index is 13.2. The molecule has 5 heteroatoms. The molecule has 3 atom stereocenters. The maximum atomic E-state index is 13.2. The van der Waals surface area contributed by atoms with Gasteiger partial charge in [0.2, 0.25) is 0 Å². The van der Waals surface area contributed by atoms with Gasteiger partial charge in [0.1, 0.15) is 6.61 Å². The van der Waals surface area contributed by atoms with Crippen molar-refractivity contribution >= 4 is 5.97 Å². The standard InChI is InChI=1S/C17H21F2NO2/c18-14-7-6-12(10-15(14)19)17(21)22-11-13-4-3-9-20-8-2-1-5-16(13)20/h6-7,10,13,16H,1-5,8-9,11H2/p+1/t13-,16+/m1/s1. The van der Waals surface area contributed by atoms with Crippen molar-refractivity contribution in [1.29, 1.82) is 0 Å². The normalized spacial score (nSPS) is 28.0. The quantitative estimate of drug-likeness (QED) is 0.865. The van der Waals surface area contributed by atoms with Crippen LogP contribution >= 0.6 is 0 Å². The molecule has 0 aliphatic carbocycles. The van der Waals surface area contributed by atoms with E-state index in [0.29, 0.717) is 18.6 Å². The number of carbonyl (C=O) groups is 1. The van der Waals surface area contributed by atoms with E-state index in [1.165, 1.54) is 44.8 Å². The summed E-state index contributed by atoms with van der Waals surface area (Å²) in [4.78, 5) is 13.6. The zero-order chi connectivity index (χ0) is 15.5. The van der Waals surface area contributed by atoms with Crippen LogP contribution in [0.15, 0.2) is 18.2 Å². The Morgan fingerprint density at radius 2 is 1.95 bits per heavy atom. The lowest BCUT2D eigenvalue weighted by Gasteiger charge is -2.40. The second kappa shape index (κ2) is 6.73. The molecule has 1 aromatic rings. The van der Waals surface area contributed by atoms with Crippen molar-refractivity contribution in [2.24, 2.45) is 5.92 Å². The van der Waals surface area contributed by atoms with Gasteiger partial charge in [-0.1, -0.05) is 0 Å². The summed E-state index contributed by atoms with van der Waals surface area (Å²) in [6.07, 6.45) is 5.98. The van der Waals surface area contributed by atoms with Gasteiger partial charge in [0.25, 0.3) is 0 Å². The predicted octanol–water partition coefficient (Wildman–Crippen LogP) is 1.97. The molecular formula is C17H22F2NO2+. The van der Waals surface area contributed by atoms with Gasteiger partial charge in [0.05, 0.1) is 24.7 Å². The first-order chi connectivity index (χ1) is 10.6. The summed E-state index contributed by atoms with van der Waals surface area (Å²) in [7, 11) is 0. The highest BCUT2D eigenvalue weighted by Crippen LogP contribution is 2.21. The van der Waals surface area contributed by atoms with Crippen molar-refractivity contribution in [1.82, 2.24) is 0 Å². The van der Waals surface area contributed by atoms with Gasteiger partial charge in [0.15, 0.2) is 11.6 Å². The van der Waals surface area contributed by atoms with E-state index < -0.39 is 17.6 Å². The molecule has 0 bridgehead atoms. The van der Waals surface area contributed by atoms with Gasteiger partial charge in [-0.15, -0.1) is 0 Å². The molecular weight excluding hydrogens is 288 g/mol. The summed E-state index contributed by atoms with van der Waals surface area (Å²) in [5.41, 5.74) is 0.0718. The number of piperidine rings is 2. The highest BCUT2D eigenvalue weighted by Gasteiger charge is 2.37. The molecule has 2 heterocycles. The van der Waals surface area contributed by atoms with Crippen LogP contribution in [0, 0.1) is 17.6 Å². The molecule has 0 spiro atoms. The lowest BCUT2D eigenvalue weighted by Crippen LogP contribution is -3.18. The van der Waals surface area contributed by atoms with Gasteiger partial charge >= 0.3 is 5.97 Å². The van der Waals surface area contributed by atoms with Crippen LogP contribution in [0.4, 0.5) is 8.78 Å². The summed E-state index contributed by atoms with van der Waals surface area (Å²) in [5, 5.41) is 0. The van der Waals surface area contributed by atoms with E-state index in [2.05, 4.69) is 0 Å². The average molecular weight is 310 g/mol. The second-order valence-corrected chi connectivity index (χ2v) is 6.39. The van der Waals surface area contributed by atoms with Crippen LogP contribution < -0.4 is 4.90 Å². The Morgan fingerprint density at radius 1 is 1.14 bits per heavy atom. The molecule has 1 unspecified atom stereocenters. The molecule has 1 aromatic carbocycles. The first-order valence-electron chi connectivity index (χ1n) is 8.12. The zero-order valence-electron chi connectivity index (χ0n) is 12.6. The smallest absolute Gasteiger partial charge is 0.338 e. The molecule has 0 amide bonds. The molecule has 22 heavy (non-hydrogen) atoms. The third-order valence-corrected chi connectivity index (χ3v) is 5.01. The van der Waals surface area contributed by atoms with E-state index in [9.17, 15) is 13.6 Å². The molecule has 2 aliphatic heterocycles. The number of rotatable bonds is 3. The lowest BCUT2D eigenvalue weighted by atomic mass is 9.84. The van der Waals surface area contributed by atoms with Crippen LogP contribution in [0.25, 0.3) is 0 Å². The van der Waals surface area contributed by atoms with Crippen LogP contribution in [0.3, 0.4) is 0 Å². The number of benzene rings is 1. The minimum atomic E-state index is -1.02. The molecule has 2 aliphatic rings. The molecule has 2 fully saturated rings. The molecule has 120 valence electrons. The predicted molar refractivity (Wildman–Crippen MR) is 77.7 cm³/mol.